The Morgan fingerprint density at radius 3 is 1.02 bits per heavy atom. The fraction of sp³-hybridized carbons (Fsp3) is 0.0270. The van der Waals surface area contributed by atoms with Gasteiger partial charge >= 0.3 is 0 Å². The van der Waals surface area contributed by atoms with Gasteiger partial charge in [0.2, 0.25) is 19.7 Å². The van der Waals surface area contributed by atoms with Crippen molar-refractivity contribution in [2.75, 3.05) is 0 Å². The van der Waals surface area contributed by atoms with Crippen molar-refractivity contribution < 1.29 is 21.9 Å². The van der Waals surface area contributed by atoms with E-state index < -0.39 is 25.1 Å². The molecule has 0 amide bonds. The maximum absolute atomic E-state index is 13.5. The Morgan fingerprint density at radius 2 is 0.674 bits per heavy atom. The van der Waals surface area contributed by atoms with Crippen molar-refractivity contribution in [2.24, 2.45) is 0 Å². The zero-order chi connectivity index (χ0) is 32.5. The molecule has 0 aliphatic heterocycles. The Kier molecular flexibility index (Phi) is 8.53. The molecule has 0 heterocycles. The minimum Gasteiger partial charge on any atom is -0.508 e. The van der Waals surface area contributed by atoms with E-state index in [0.29, 0.717) is 10.0 Å². The summed E-state index contributed by atoms with van der Waals surface area (Å²) in [5.41, 5.74) is 2.06. The molecular weight excluding hydrogens is 659 g/mol. The number of rotatable bonds is 8. The lowest BCUT2D eigenvalue weighted by atomic mass is 9.65. The average Bonchev–Trinajstić information content (AvgIpc) is 3.07. The summed E-state index contributed by atoms with van der Waals surface area (Å²) in [6.45, 7) is 0. The quantitative estimate of drug-likeness (QED) is 0.162. The van der Waals surface area contributed by atoms with E-state index in [1.54, 1.807) is 72.8 Å². The van der Waals surface area contributed by atoms with Gasteiger partial charge in [0.15, 0.2) is 0 Å². The molecule has 6 aromatic carbocycles. The molecule has 6 rings (SSSR count). The molecule has 0 spiro atoms. The topological polar surface area (TPSA) is 88.5 Å². The number of benzene rings is 6. The smallest absolute Gasteiger partial charge is 0.206 e. The summed E-state index contributed by atoms with van der Waals surface area (Å²) in [4.78, 5) is 0.455. The highest BCUT2D eigenvalue weighted by atomic mass is 35.5. The summed E-state index contributed by atoms with van der Waals surface area (Å²) in [7, 11) is -7.67. The first-order valence-corrected chi connectivity index (χ1v) is 17.8. The van der Waals surface area contributed by atoms with Crippen LogP contribution in [0.3, 0.4) is 0 Å². The Morgan fingerprint density at radius 1 is 0.391 bits per heavy atom. The van der Waals surface area contributed by atoms with Crippen LogP contribution in [0.25, 0.3) is 0 Å². The molecule has 0 atom stereocenters. The van der Waals surface area contributed by atoms with Crippen LogP contribution in [-0.4, -0.2) is 21.9 Å². The van der Waals surface area contributed by atoms with E-state index in [-0.39, 0.29) is 25.3 Å². The molecule has 0 bridgehead atoms. The normalized spacial score (nSPS) is 12.1. The van der Waals surface area contributed by atoms with Crippen LogP contribution in [0.15, 0.2) is 171 Å². The standard InChI is InChI=1S/C37H26Cl2O5S2/c38-30-12-22-35(23-13-30)45(41,42)33-18-8-28(9-19-33)37(26-4-2-1-3-5-26,27-6-16-32(40)17-7-27)29-10-20-34(21-11-29)46(43,44)36-24-14-31(39)15-25-36/h1-25,40H. The van der Waals surface area contributed by atoms with Crippen molar-refractivity contribution in [1.29, 1.82) is 0 Å². The molecule has 9 heteroatoms. The number of hydrogen-bond acceptors (Lipinski definition) is 5. The summed E-state index contributed by atoms with van der Waals surface area (Å²) in [6, 6.07) is 41.7. The highest BCUT2D eigenvalue weighted by Crippen LogP contribution is 2.46. The van der Waals surface area contributed by atoms with E-state index >= 15 is 0 Å². The molecule has 1 N–H and O–H groups in total. The number of halogens is 2. The number of sulfone groups is 2. The van der Waals surface area contributed by atoms with Crippen molar-refractivity contribution in [3.05, 3.63) is 184 Å². The lowest BCUT2D eigenvalue weighted by Gasteiger charge is -2.37. The molecule has 0 saturated carbocycles. The number of hydrogen-bond donors (Lipinski definition) is 1. The van der Waals surface area contributed by atoms with Gasteiger partial charge in [-0.2, -0.15) is 0 Å². The summed E-state index contributed by atoms with van der Waals surface area (Å²) in [6.07, 6.45) is 0. The lowest BCUT2D eigenvalue weighted by Crippen LogP contribution is -2.31. The van der Waals surface area contributed by atoms with Crippen molar-refractivity contribution in [1.82, 2.24) is 0 Å². The summed E-state index contributed by atoms with van der Waals surface area (Å²) >= 11 is 12.0. The van der Waals surface area contributed by atoms with E-state index in [2.05, 4.69) is 0 Å². The molecule has 5 nitrogen and oxygen atoms in total. The second-order valence-corrected chi connectivity index (χ2v) is 15.4. The average molecular weight is 686 g/mol. The van der Waals surface area contributed by atoms with Gasteiger partial charge in [0.1, 0.15) is 5.75 Å². The van der Waals surface area contributed by atoms with Crippen LogP contribution in [0.1, 0.15) is 22.3 Å². The van der Waals surface area contributed by atoms with Crippen molar-refractivity contribution >= 4 is 42.9 Å². The second-order valence-electron chi connectivity index (χ2n) is 10.6. The zero-order valence-corrected chi connectivity index (χ0v) is 27.2. The van der Waals surface area contributed by atoms with Gasteiger partial charge in [-0.3, -0.25) is 0 Å². The lowest BCUT2D eigenvalue weighted by molar-refractivity contribution is 0.474. The first-order chi connectivity index (χ1) is 22.0. The van der Waals surface area contributed by atoms with Gasteiger partial charge in [0.25, 0.3) is 0 Å². The van der Waals surface area contributed by atoms with Crippen LogP contribution < -0.4 is 0 Å². The number of phenolic OH excluding ortho intramolecular Hbond substituents is 1. The third-order valence-electron chi connectivity index (χ3n) is 7.95. The van der Waals surface area contributed by atoms with Crippen molar-refractivity contribution in [3.8, 4) is 5.75 Å². The van der Waals surface area contributed by atoms with E-state index in [9.17, 15) is 21.9 Å². The molecule has 230 valence electrons. The molecule has 0 aliphatic rings. The largest absolute Gasteiger partial charge is 0.508 e. The summed E-state index contributed by atoms with van der Waals surface area (Å²) in [5, 5.41) is 11.1. The minimum absolute atomic E-state index is 0.0829. The third kappa shape index (κ3) is 5.72. The first-order valence-electron chi connectivity index (χ1n) is 14.1. The fourth-order valence-electron chi connectivity index (χ4n) is 5.67. The van der Waals surface area contributed by atoms with Crippen LogP contribution >= 0.6 is 23.2 Å². The van der Waals surface area contributed by atoms with Gasteiger partial charge in [0.05, 0.1) is 25.0 Å². The zero-order valence-electron chi connectivity index (χ0n) is 24.1. The Hall–Kier alpha value is -4.40. The summed E-state index contributed by atoms with van der Waals surface area (Å²) in [5.74, 6) is 0.0829. The van der Waals surface area contributed by atoms with E-state index in [1.165, 1.54) is 48.5 Å². The fourth-order valence-corrected chi connectivity index (χ4v) is 8.44. The van der Waals surface area contributed by atoms with Crippen LogP contribution in [0.4, 0.5) is 0 Å². The van der Waals surface area contributed by atoms with Gasteiger partial charge in [-0.15, -0.1) is 0 Å². The molecule has 0 radical (unpaired) electrons. The predicted molar refractivity (Wildman–Crippen MR) is 180 cm³/mol. The molecule has 6 aromatic rings. The first kappa shape index (κ1) is 31.6. The molecule has 0 unspecified atom stereocenters. The Bertz CT molecular complexity index is 2080. The molecule has 0 aromatic heterocycles. The van der Waals surface area contributed by atoms with E-state index in [4.69, 9.17) is 23.2 Å². The van der Waals surface area contributed by atoms with E-state index in [1.807, 2.05) is 30.3 Å². The molecule has 0 saturated heterocycles. The summed E-state index contributed by atoms with van der Waals surface area (Å²) < 4.78 is 53.9. The molecule has 46 heavy (non-hydrogen) atoms. The van der Waals surface area contributed by atoms with Gasteiger partial charge in [-0.1, -0.05) is 89.9 Å². The molecular formula is C37H26Cl2O5S2. The predicted octanol–water partition coefficient (Wildman–Crippen LogP) is 8.75. The van der Waals surface area contributed by atoms with Crippen LogP contribution in [0.2, 0.25) is 10.0 Å². The van der Waals surface area contributed by atoms with Crippen LogP contribution in [0.5, 0.6) is 5.75 Å². The highest BCUT2D eigenvalue weighted by Gasteiger charge is 2.39. The Labute approximate surface area is 278 Å². The molecule has 0 aliphatic carbocycles. The monoisotopic (exact) mass is 684 g/mol. The maximum Gasteiger partial charge on any atom is 0.206 e. The maximum atomic E-state index is 13.5. The van der Waals surface area contributed by atoms with Gasteiger partial charge in [0, 0.05) is 10.0 Å². The van der Waals surface area contributed by atoms with Crippen LogP contribution in [0, 0.1) is 0 Å². The molecule has 0 fully saturated rings. The van der Waals surface area contributed by atoms with Crippen molar-refractivity contribution in [2.45, 2.75) is 25.0 Å². The third-order valence-corrected chi connectivity index (χ3v) is 12.0. The van der Waals surface area contributed by atoms with Gasteiger partial charge < -0.3 is 5.11 Å². The van der Waals surface area contributed by atoms with Crippen LogP contribution in [-0.2, 0) is 25.1 Å². The van der Waals surface area contributed by atoms with Crippen molar-refractivity contribution in [3.63, 3.8) is 0 Å². The minimum atomic E-state index is -3.84. The number of aromatic hydroxyl groups is 1. The van der Waals surface area contributed by atoms with Gasteiger partial charge in [-0.05, 0) is 107 Å². The SMILES string of the molecule is O=S(=O)(c1ccc(Cl)cc1)c1ccc(C(c2ccccc2)(c2ccc(O)cc2)c2ccc(S(=O)(=O)c3ccc(Cl)cc3)cc2)cc1. The second kappa shape index (κ2) is 12.4. The highest BCUT2D eigenvalue weighted by molar-refractivity contribution is 7.91. The Balaban J connectivity index is 1.55. The van der Waals surface area contributed by atoms with Gasteiger partial charge in [-0.25, -0.2) is 16.8 Å². The van der Waals surface area contributed by atoms with E-state index in [0.717, 1.165) is 22.3 Å². The number of phenols is 1.